The highest BCUT2D eigenvalue weighted by Crippen LogP contribution is 2.20. The molecular formula is C12H17ClN2. The number of nitrogens with one attached hydrogen (secondary N) is 1. The molecule has 3 heteroatoms. The lowest BCUT2D eigenvalue weighted by molar-refractivity contribution is 0.313. The van der Waals surface area contributed by atoms with Gasteiger partial charge in [-0.1, -0.05) is 23.7 Å². The van der Waals surface area contributed by atoms with Gasteiger partial charge in [0.15, 0.2) is 0 Å². The number of piperidine rings is 1. The molecule has 0 radical (unpaired) electrons. The van der Waals surface area contributed by atoms with Crippen LogP contribution in [-0.2, 0) is 6.42 Å². The van der Waals surface area contributed by atoms with Crippen LogP contribution >= 0.6 is 11.6 Å². The third kappa shape index (κ3) is 2.94. The molecule has 0 unspecified atom stereocenters. The molecule has 1 fully saturated rings. The van der Waals surface area contributed by atoms with Gasteiger partial charge in [0.1, 0.15) is 0 Å². The lowest BCUT2D eigenvalue weighted by Crippen LogP contribution is -2.54. The minimum Gasteiger partial charge on any atom is -0.324 e. The Kier molecular flexibility index (Phi) is 3.29. The molecule has 82 valence electrons. The van der Waals surface area contributed by atoms with Gasteiger partial charge >= 0.3 is 0 Å². The first-order chi connectivity index (χ1) is 7.18. The molecule has 0 spiro atoms. The van der Waals surface area contributed by atoms with Crippen molar-refractivity contribution >= 4 is 11.6 Å². The van der Waals surface area contributed by atoms with E-state index >= 15 is 0 Å². The van der Waals surface area contributed by atoms with Crippen molar-refractivity contribution in [2.24, 2.45) is 5.73 Å². The molecule has 15 heavy (non-hydrogen) atoms. The standard InChI is InChI=1S/C12H17ClN2/c13-11-4-2-10(3-5-11)8-12(14)6-1-7-15-9-12/h2-5,15H,1,6-9,14H2/t12-/m1/s1. The Morgan fingerprint density at radius 2 is 2.07 bits per heavy atom. The molecule has 0 aromatic heterocycles. The number of rotatable bonds is 2. The molecule has 0 bridgehead atoms. The second kappa shape index (κ2) is 4.52. The largest absolute Gasteiger partial charge is 0.324 e. The van der Waals surface area contributed by atoms with Gasteiger partial charge < -0.3 is 11.1 Å². The van der Waals surface area contributed by atoms with Crippen molar-refractivity contribution in [1.82, 2.24) is 5.32 Å². The van der Waals surface area contributed by atoms with Crippen LogP contribution in [0.3, 0.4) is 0 Å². The Morgan fingerprint density at radius 1 is 1.33 bits per heavy atom. The molecule has 1 aliphatic rings. The van der Waals surface area contributed by atoms with E-state index in [-0.39, 0.29) is 5.54 Å². The van der Waals surface area contributed by atoms with Crippen LogP contribution in [0.4, 0.5) is 0 Å². The van der Waals surface area contributed by atoms with Gasteiger partial charge in [0, 0.05) is 17.1 Å². The molecule has 2 nitrogen and oxygen atoms in total. The summed E-state index contributed by atoms with van der Waals surface area (Å²) in [6.07, 6.45) is 3.20. The monoisotopic (exact) mass is 224 g/mol. The van der Waals surface area contributed by atoms with E-state index in [2.05, 4.69) is 17.4 Å². The number of nitrogens with two attached hydrogens (primary N) is 1. The van der Waals surface area contributed by atoms with Crippen molar-refractivity contribution in [3.63, 3.8) is 0 Å². The lowest BCUT2D eigenvalue weighted by Gasteiger charge is -2.34. The molecule has 0 aliphatic carbocycles. The highest BCUT2D eigenvalue weighted by Gasteiger charge is 2.27. The maximum atomic E-state index is 6.33. The summed E-state index contributed by atoms with van der Waals surface area (Å²) in [6, 6.07) is 7.98. The third-order valence-electron chi connectivity index (χ3n) is 2.97. The lowest BCUT2D eigenvalue weighted by atomic mass is 9.85. The van der Waals surface area contributed by atoms with Gasteiger partial charge in [-0.25, -0.2) is 0 Å². The van der Waals surface area contributed by atoms with Crippen LogP contribution in [-0.4, -0.2) is 18.6 Å². The van der Waals surface area contributed by atoms with Gasteiger partial charge in [-0.3, -0.25) is 0 Å². The van der Waals surface area contributed by atoms with Crippen LogP contribution in [0.15, 0.2) is 24.3 Å². The fraction of sp³-hybridized carbons (Fsp3) is 0.500. The normalized spacial score (nSPS) is 26.5. The van der Waals surface area contributed by atoms with E-state index in [0.29, 0.717) is 0 Å². The molecule has 1 heterocycles. The highest BCUT2D eigenvalue weighted by atomic mass is 35.5. The summed E-state index contributed by atoms with van der Waals surface area (Å²) in [7, 11) is 0. The minimum atomic E-state index is -0.0773. The van der Waals surface area contributed by atoms with Crippen molar-refractivity contribution < 1.29 is 0 Å². The van der Waals surface area contributed by atoms with Gasteiger partial charge in [0.2, 0.25) is 0 Å². The van der Waals surface area contributed by atoms with Crippen molar-refractivity contribution in [2.45, 2.75) is 24.8 Å². The van der Waals surface area contributed by atoms with Crippen molar-refractivity contribution in [1.29, 1.82) is 0 Å². The molecule has 2 rings (SSSR count). The Balaban J connectivity index is 2.03. The fourth-order valence-electron chi connectivity index (χ4n) is 2.15. The second-order valence-electron chi connectivity index (χ2n) is 4.45. The van der Waals surface area contributed by atoms with Gasteiger partial charge in [0.25, 0.3) is 0 Å². The molecule has 0 amide bonds. The van der Waals surface area contributed by atoms with E-state index in [4.69, 9.17) is 17.3 Å². The summed E-state index contributed by atoms with van der Waals surface area (Å²) in [5.74, 6) is 0. The molecule has 3 N–H and O–H groups in total. The first-order valence-corrected chi connectivity index (χ1v) is 5.80. The average Bonchev–Trinajstić information content (AvgIpc) is 2.22. The summed E-state index contributed by atoms with van der Waals surface area (Å²) < 4.78 is 0. The zero-order chi connectivity index (χ0) is 10.7. The van der Waals surface area contributed by atoms with Crippen LogP contribution in [0.2, 0.25) is 5.02 Å². The van der Waals surface area contributed by atoms with E-state index in [1.807, 2.05) is 12.1 Å². The summed E-state index contributed by atoms with van der Waals surface area (Å²) >= 11 is 5.85. The average molecular weight is 225 g/mol. The van der Waals surface area contributed by atoms with Gasteiger partial charge in [-0.05, 0) is 43.5 Å². The van der Waals surface area contributed by atoms with Gasteiger partial charge in [-0.2, -0.15) is 0 Å². The summed E-state index contributed by atoms with van der Waals surface area (Å²) in [5, 5.41) is 4.14. The number of hydrogen-bond acceptors (Lipinski definition) is 2. The maximum Gasteiger partial charge on any atom is 0.0406 e. The van der Waals surface area contributed by atoms with Crippen LogP contribution in [0.1, 0.15) is 18.4 Å². The molecule has 0 saturated carbocycles. The molecule has 1 aromatic carbocycles. The summed E-state index contributed by atoms with van der Waals surface area (Å²) in [4.78, 5) is 0. The Morgan fingerprint density at radius 3 is 2.67 bits per heavy atom. The fourth-order valence-corrected chi connectivity index (χ4v) is 2.28. The molecule has 1 saturated heterocycles. The predicted octanol–water partition coefficient (Wildman–Crippen LogP) is 1.96. The second-order valence-corrected chi connectivity index (χ2v) is 4.88. The Hall–Kier alpha value is -0.570. The number of halogens is 1. The Labute approximate surface area is 95.8 Å². The van der Waals surface area contributed by atoms with E-state index < -0.39 is 0 Å². The highest BCUT2D eigenvalue weighted by molar-refractivity contribution is 6.30. The van der Waals surface area contributed by atoms with Gasteiger partial charge in [0.05, 0.1) is 0 Å². The Bertz CT molecular complexity index is 315. The smallest absolute Gasteiger partial charge is 0.0406 e. The van der Waals surface area contributed by atoms with Gasteiger partial charge in [-0.15, -0.1) is 0 Å². The van der Waals surface area contributed by atoms with E-state index in [9.17, 15) is 0 Å². The summed E-state index contributed by atoms with van der Waals surface area (Å²) in [6.45, 7) is 2.01. The van der Waals surface area contributed by atoms with Crippen molar-refractivity contribution in [3.05, 3.63) is 34.9 Å². The van der Waals surface area contributed by atoms with Crippen LogP contribution in [0.25, 0.3) is 0 Å². The van der Waals surface area contributed by atoms with Crippen LogP contribution in [0.5, 0.6) is 0 Å². The third-order valence-corrected chi connectivity index (χ3v) is 3.23. The van der Waals surface area contributed by atoms with E-state index in [0.717, 1.165) is 31.0 Å². The molecular weight excluding hydrogens is 208 g/mol. The summed E-state index contributed by atoms with van der Waals surface area (Å²) in [5.41, 5.74) is 7.53. The van der Waals surface area contributed by atoms with E-state index in [1.165, 1.54) is 12.0 Å². The zero-order valence-corrected chi connectivity index (χ0v) is 9.56. The minimum absolute atomic E-state index is 0.0773. The zero-order valence-electron chi connectivity index (χ0n) is 8.80. The topological polar surface area (TPSA) is 38.0 Å². The number of benzene rings is 1. The maximum absolute atomic E-state index is 6.33. The number of hydrogen-bond donors (Lipinski definition) is 2. The van der Waals surface area contributed by atoms with E-state index in [1.54, 1.807) is 0 Å². The van der Waals surface area contributed by atoms with Crippen LogP contribution < -0.4 is 11.1 Å². The van der Waals surface area contributed by atoms with Crippen LogP contribution in [0, 0.1) is 0 Å². The quantitative estimate of drug-likeness (QED) is 0.806. The molecule has 1 atom stereocenters. The van der Waals surface area contributed by atoms with Crippen molar-refractivity contribution in [2.75, 3.05) is 13.1 Å². The first kappa shape index (κ1) is 10.9. The van der Waals surface area contributed by atoms with Crippen molar-refractivity contribution in [3.8, 4) is 0 Å². The first-order valence-electron chi connectivity index (χ1n) is 5.42. The molecule has 1 aliphatic heterocycles. The predicted molar refractivity (Wildman–Crippen MR) is 64.2 cm³/mol. The molecule has 1 aromatic rings. The SMILES string of the molecule is N[C@@]1(Cc2ccc(Cl)cc2)CCCNC1.